The summed E-state index contributed by atoms with van der Waals surface area (Å²) in [6.45, 7) is 5.67. The van der Waals surface area contributed by atoms with Gasteiger partial charge in [-0.3, -0.25) is 0 Å². The number of halogens is 2. The summed E-state index contributed by atoms with van der Waals surface area (Å²) in [4.78, 5) is 0. The largest absolute Gasteiger partial charge is 2.00 e. The van der Waals surface area contributed by atoms with Gasteiger partial charge in [-0.2, -0.15) is 0 Å². The first-order chi connectivity index (χ1) is 2.41. The molecule has 48 valence electrons. The van der Waals surface area contributed by atoms with Crippen LogP contribution in [0.15, 0.2) is 0 Å². The van der Waals surface area contributed by atoms with Gasteiger partial charge in [0.15, 0.2) is 0 Å². The molecule has 0 aromatic rings. The van der Waals surface area contributed by atoms with Crippen molar-refractivity contribution in [2.75, 3.05) is 13.2 Å². The van der Waals surface area contributed by atoms with Gasteiger partial charge in [-0.1, -0.05) is 0 Å². The van der Waals surface area contributed by atoms with Gasteiger partial charge in [-0.05, 0) is 13.8 Å². The average molecular weight is 393 g/mol. The quantitative estimate of drug-likeness (QED) is 0.338. The maximum atomic E-state index is 4.83. The van der Waals surface area contributed by atoms with E-state index in [0.29, 0.717) is 0 Å². The molecule has 4 heteroatoms. The minimum absolute atomic E-state index is 0. The van der Waals surface area contributed by atoms with Crippen molar-refractivity contribution >= 4 is 0 Å². The summed E-state index contributed by atoms with van der Waals surface area (Å²) in [5, 5.41) is 0. The van der Waals surface area contributed by atoms with Crippen molar-refractivity contribution in [3.8, 4) is 0 Å². The molecule has 0 aromatic heterocycles. The number of rotatable bonds is 2. The molecule has 0 N–H and O–H groups in total. The SMILES string of the molecule is CCOCC.[I-].[I-].[Zn+2]. The molecule has 0 amide bonds. The molecule has 8 heavy (non-hydrogen) atoms. The van der Waals surface area contributed by atoms with Gasteiger partial charge in [0.2, 0.25) is 0 Å². The van der Waals surface area contributed by atoms with Gasteiger partial charge >= 0.3 is 19.5 Å². The molecule has 0 radical (unpaired) electrons. The van der Waals surface area contributed by atoms with E-state index in [1.807, 2.05) is 13.8 Å². The van der Waals surface area contributed by atoms with Crippen LogP contribution in [0.2, 0.25) is 0 Å². The van der Waals surface area contributed by atoms with E-state index in [2.05, 4.69) is 0 Å². The molecular formula is C4H10I2OZn. The normalized spacial score (nSPS) is 5.25. The molecule has 0 aromatic carbocycles. The molecule has 0 spiro atoms. The second-order valence-corrected chi connectivity index (χ2v) is 0.781. The van der Waals surface area contributed by atoms with Crippen molar-refractivity contribution in [1.82, 2.24) is 0 Å². The summed E-state index contributed by atoms with van der Waals surface area (Å²) < 4.78 is 4.83. The Morgan fingerprint density at radius 1 is 1.00 bits per heavy atom. The standard InChI is InChI=1S/C4H10O.2HI.Zn/c1-3-5-4-2;;;/h3-4H2,1-2H3;2*1H;/q;;;+2/p-2. The summed E-state index contributed by atoms with van der Waals surface area (Å²) in [6, 6.07) is 0. The zero-order chi connectivity index (χ0) is 4.12. The first kappa shape index (κ1) is 22.5. The minimum Gasteiger partial charge on any atom is -1.00 e. The fourth-order valence-corrected chi connectivity index (χ4v) is 0.204. The number of hydrogen-bond donors (Lipinski definition) is 0. The van der Waals surface area contributed by atoms with E-state index in [1.54, 1.807) is 0 Å². The van der Waals surface area contributed by atoms with Crippen LogP contribution in [0.5, 0.6) is 0 Å². The molecule has 0 aliphatic carbocycles. The van der Waals surface area contributed by atoms with Crippen LogP contribution in [0.3, 0.4) is 0 Å². The van der Waals surface area contributed by atoms with Gasteiger partial charge in [0.1, 0.15) is 0 Å². The second-order valence-electron chi connectivity index (χ2n) is 0.781. The van der Waals surface area contributed by atoms with Crippen molar-refractivity contribution in [1.29, 1.82) is 0 Å². The van der Waals surface area contributed by atoms with Crippen molar-refractivity contribution < 1.29 is 72.2 Å². The first-order valence-corrected chi connectivity index (χ1v) is 1.99. The summed E-state index contributed by atoms with van der Waals surface area (Å²) in [6.07, 6.45) is 0. The van der Waals surface area contributed by atoms with E-state index >= 15 is 0 Å². The van der Waals surface area contributed by atoms with Crippen LogP contribution in [-0.4, -0.2) is 13.2 Å². The zero-order valence-corrected chi connectivity index (χ0v) is 12.6. The van der Waals surface area contributed by atoms with Crippen molar-refractivity contribution in [3.63, 3.8) is 0 Å². The molecule has 0 saturated heterocycles. The zero-order valence-electron chi connectivity index (χ0n) is 5.29. The van der Waals surface area contributed by atoms with Crippen LogP contribution in [0.4, 0.5) is 0 Å². The van der Waals surface area contributed by atoms with Gasteiger partial charge in [-0.25, -0.2) is 0 Å². The molecule has 0 fully saturated rings. The molecule has 1 nitrogen and oxygen atoms in total. The topological polar surface area (TPSA) is 9.23 Å². The molecule has 0 rings (SSSR count). The predicted molar refractivity (Wildman–Crippen MR) is 22.2 cm³/mol. The van der Waals surface area contributed by atoms with E-state index in [1.165, 1.54) is 0 Å². The van der Waals surface area contributed by atoms with Crippen LogP contribution in [0.1, 0.15) is 13.8 Å². The molecule has 0 unspecified atom stereocenters. The van der Waals surface area contributed by atoms with Gasteiger partial charge in [0, 0.05) is 13.2 Å². The molecule has 0 bridgehead atoms. The Bertz CT molecular complexity index is 21.5. The Morgan fingerprint density at radius 3 is 1.25 bits per heavy atom. The van der Waals surface area contributed by atoms with Gasteiger partial charge in [0.05, 0.1) is 0 Å². The van der Waals surface area contributed by atoms with Crippen LogP contribution in [0, 0.1) is 0 Å². The molecule has 0 saturated carbocycles. The average Bonchev–Trinajstić information content (AvgIpc) is 1.41. The first-order valence-electron chi connectivity index (χ1n) is 1.99. The summed E-state index contributed by atoms with van der Waals surface area (Å²) in [5.41, 5.74) is 0. The third kappa shape index (κ3) is 24.4. The van der Waals surface area contributed by atoms with Crippen LogP contribution in [-0.2, 0) is 24.2 Å². The third-order valence-electron chi connectivity index (χ3n) is 0.408. The molecule has 0 aliphatic heterocycles. The Kier molecular flexibility index (Phi) is 64.7. The van der Waals surface area contributed by atoms with Crippen molar-refractivity contribution in [2.24, 2.45) is 0 Å². The smallest absolute Gasteiger partial charge is 1.00 e. The summed E-state index contributed by atoms with van der Waals surface area (Å²) in [7, 11) is 0. The van der Waals surface area contributed by atoms with Gasteiger partial charge < -0.3 is 52.7 Å². The predicted octanol–water partition coefficient (Wildman–Crippen LogP) is -4.95. The van der Waals surface area contributed by atoms with E-state index in [9.17, 15) is 0 Å². The maximum absolute atomic E-state index is 4.83. The summed E-state index contributed by atoms with van der Waals surface area (Å²) in [5.74, 6) is 0. The van der Waals surface area contributed by atoms with E-state index in [0.717, 1.165) is 13.2 Å². The third-order valence-corrected chi connectivity index (χ3v) is 0.408. The number of hydrogen-bond acceptors (Lipinski definition) is 1. The van der Waals surface area contributed by atoms with Crippen LogP contribution < -0.4 is 48.0 Å². The fraction of sp³-hybridized carbons (Fsp3) is 1.00. The van der Waals surface area contributed by atoms with Gasteiger partial charge in [0.25, 0.3) is 0 Å². The summed E-state index contributed by atoms with van der Waals surface area (Å²) >= 11 is 0. The molecular weight excluding hydrogens is 383 g/mol. The van der Waals surface area contributed by atoms with E-state index in [4.69, 9.17) is 4.74 Å². The molecule has 0 heterocycles. The van der Waals surface area contributed by atoms with Crippen LogP contribution in [0.25, 0.3) is 0 Å². The van der Waals surface area contributed by atoms with Crippen LogP contribution >= 0.6 is 0 Å². The Balaban J connectivity index is -0.0000000267. The van der Waals surface area contributed by atoms with Gasteiger partial charge in [-0.15, -0.1) is 0 Å². The van der Waals surface area contributed by atoms with E-state index < -0.39 is 0 Å². The van der Waals surface area contributed by atoms with E-state index in [-0.39, 0.29) is 67.4 Å². The Morgan fingerprint density at radius 2 is 1.25 bits per heavy atom. The van der Waals surface area contributed by atoms with Crippen molar-refractivity contribution in [3.05, 3.63) is 0 Å². The fourth-order valence-electron chi connectivity index (χ4n) is 0.204. The Labute approximate surface area is 98.1 Å². The second kappa shape index (κ2) is 23.0. The maximum Gasteiger partial charge on any atom is 2.00 e. The minimum atomic E-state index is 0. The number of ether oxygens (including phenoxy) is 1. The van der Waals surface area contributed by atoms with Crippen molar-refractivity contribution in [2.45, 2.75) is 13.8 Å². The molecule has 0 atom stereocenters. The monoisotopic (exact) mass is 392 g/mol. The Hall–Kier alpha value is 2.04. The molecule has 0 aliphatic rings.